The second-order valence-corrected chi connectivity index (χ2v) is 4.25. The molecule has 0 radical (unpaired) electrons. The van der Waals surface area contributed by atoms with Gasteiger partial charge in [0.25, 0.3) is 0 Å². The van der Waals surface area contributed by atoms with E-state index >= 15 is 0 Å². The molecule has 2 atom stereocenters. The van der Waals surface area contributed by atoms with Crippen molar-refractivity contribution < 1.29 is 14.3 Å². The molecule has 0 bridgehead atoms. The van der Waals surface area contributed by atoms with E-state index in [1.165, 1.54) is 0 Å². The maximum absolute atomic E-state index is 11.2. The van der Waals surface area contributed by atoms with E-state index < -0.39 is 0 Å². The smallest absolute Gasteiger partial charge is 0.169 e. The highest BCUT2D eigenvalue weighted by Crippen LogP contribution is 2.27. The van der Waals surface area contributed by atoms with E-state index in [0.717, 1.165) is 16.9 Å². The average molecular weight is 220 g/mol. The molecule has 1 aliphatic rings. The molecule has 2 rings (SSSR count). The Labute approximate surface area is 95.4 Å². The molecule has 86 valence electrons. The fourth-order valence-corrected chi connectivity index (χ4v) is 1.85. The minimum atomic E-state index is -0.389. The second-order valence-electron chi connectivity index (χ2n) is 4.25. The Morgan fingerprint density at radius 2 is 2.06 bits per heavy atom. The molecule has 3 heteroatoms. The van der Waals surface area contributed by atoms with Gasteiger partial charge in [0.1, 0.15) is 11.9 Å². The zero-order valence-electron chi connectivity index (χ0n) is 9.82. The van der Waals surface area contributed by atoms with E-state index in [1.54, 1.807) is 7.11 Å². The first-order valence-electron chi connectivity index (χ1n) is 5.41. The number of carbonyl (C=O) groups is 1. The van der Waals surface area contributed by atoms with E-state index in [2.05, 4.69) is 0 Å². The standard InChI is InChI=1S/C13H16O3/c1-8-4-5-9(2)11(6-8)16-12-7-10(14)13(12)15-3/h4-6,12-13H,7H2,1-3H3. The molecule has 1 aromatic carbocycles. The Hall–Kier alpha value is -1.35. The number of aryl methyl sites for hydroxylation is 2. The summed E-state index contributed by atoms with van der Waals surface area (Å²) in [4.78, 5) is 11.2. The summed E-state index contributed by atoms with van der Waals surface area (Å²) in [5.41, 5.74) is 2.24. The Kier molecular flexibility index (Phi) is 2.97. The van der Waals surface area contributed by atoms with Gasteiger partial charge < -0.3 is 9.47 Å². The number of hydrogen-bond donors (Lipinski definition) is 0. The van der Waals surface area contributed by atoms with Crippen LogP contribution in [0.3, 0.4) is 0 Å². The zero-order valence-corrected chi connectivity index (χ0v) is 9.82. The highest BCUT2D eigenvalue weighted by Gasteiger charge is 2.42. The molecule has 16 heavy (non-hydrogen) atoms. The van der Waals surface area contributed by atoms with Gasteiger partial charge in [-0.3, -0.25) is 4.79 Å². The summed E-state index contributed by atoms with van der Waals surface area (Å²) in [5.74, 6) is 0.970. The Morgan fingerprint density at radius 1 is 1.31 bits per heavy atom. The van der Waals surface area contributed by atoms with Gasteiger partial charge in [0.05, 0.1) is 0 Å². The van der Waals surface area contributed by atoms with Crippen LogP contribution in [0.1, 0.15) is 17.5 Å². The maximum atomic E-state index is 11.2. The van der Waals surface area contributed by atoms with Crippen molar-refractivity contribution in [3.8, 4) is 5.75 Å². The molecule has 3 nitrogen and oxygen atoms in total. The summed E-state index contributed by atoms with van der Waals surface area (Å²) in [7, 11) is 1.54. The molecular weight excluding hydrogens is 204 g/mol. The van der Waals surface area contributed by atoms with Gasteiger partial charge in [-0.05, 0) is 31.0 Å². The van der Waals surface area contributed by atoms with E-state index in [-0.39, 0.29) is 18.0 Å². The normalized spacial score (nSPS) is 24.1. The van der Waals surface area contributed by atoms with Gasteiger partial charge in [0.2, 0.25) is 0 Å². The average Bonchev–Trinajstić information content (AvgIpc) is 2.23. The van der Waals surface area contributed by atoms with E-state index in [4.69, 9.17) is 9.47 Å². The number of carbonyl (C=O) groups excluding carboxylic acids is 1. The summed E-state index contributed by atoms with van der Waals surface area (Å²) in [6, 6.07) is 6.06. The zero-order chi connectivity index (χ0) is 11.7. The summed E-state index contributed by atoms with van der Waals surface area (Å²) in [6.07, 6.45) is -0.0655. The minimum Gasteiger partial charge on any atom is -0.486 e. The highest BCUT2D eigenvalue weighted by molar-refractivity contribution is 5.90. The van der Waals surface area contributed by atoms with Gasteiger partial charge in [0, 0.05) is 13.5 Å². The van der Waals surface area contributed by atoms with Crippen LogP contribution in [0.25, 0.3) is 0 Å². The van der Waals surface area contributed by atoms with Crippen molar-refractivity contribution in [3.63, 3.8) is 0 Å². The van der Waals surface area contributed by atoms with Crippen molar-refractivity contribution in [1.82, 2.24) is 0 Å². The number of ketones is 1. The molecule has 1 aromatic rings. The number of rotatable bonds is 3. The number of benzene rings is 1. The molecule has 0 saturated heterocycles. The molecule has 2 unspecified atom stereocenters. The van der Waals surface area contributed by atoms with Gasteiger partial charge in [-0.2, -0.15) is 0 Å². The first-order chi connectivity index (χ1) is 7.61. The molecule has 1 fully saturated rings. The number of Topliss-reactive ketones (excluding diaryl/α,β-unsaturated/α-hetero) is 1. The number of methoxy groups -OCH3 is 1. The van der Waals surface area contributed by atoms with Gasteiger partial charge in [-0.15, -0.1) is 0 Å². The number of ether oxygens (including phenoxy) is 2. The summed E-state index contributed by atoms with van der Waals surface area (Å²) in [5, 5.41) is 0. The molecule has 0 heterocycles. The van der Waals surface area contributed by atoms with Crippen molar-refractivity contribution in [2.75, 3.05) is 7.11 Å². The Morgan fingerprint density at radius 3 is 2.69 bits per heavy atom. The van der Waals surface area contributed by atoms with E-state index in [1.807, 2.05) is 32.0 Å². The molecular formula is C13H16O3. The van der Waals surface area contributed by atoms with Crippen LogP contribution >= 0.6 is 0 Å². The molecule has 0 spiro atoms. The quantitative estimate of drug-likeness (QED) is 0.782. The van der Waals surface area contributed by atoms with Gasteiger partial charge in [-0.1, -0.05) is 12.1 Å². The third-order valence-electron chi connectivity index (χ3n) is 2.93. The minimum absolute atomic E-state index is 0.123. The summed E-state index contributed by atoms with van der Waals surface area (Å²) in [6.45, 7) is 4.02. The lowest BCUT2D eigenvalue weighted by Crippen LogP contribution is -2.51. The lowest BCUT2D eigenvalue weighted by atomic mass is 9.90. The molecule has 0 amide bonds. The fourth-order valence-electron chi connectivity index (χ4n) is 1.85. The number of hydrogen-bond acceptors (Lipinski definition) is 3. The molecule has 0 aromatic heterocycles. The van der Waals surface area contributed by atoms with Gasteiger partial charge >= 0.3 is 0 Å². The van der Waals surface area contributed by atoms with Crippen molar-refractivity contribution in [2.45, 2.75) is 32.5 Å². The van der Waals surface area contributed by atoms with Crippen LogP contribution in [0, 0.1) is 13.8 Å². The van der Waals surface area contributed by atoms with Crippen LogP contribution < -0.4 is 4.74 Å². The molecule has 0 aliphatic heterocycles. The van der Waals surface area contributed by atoms with E-state index in [0.29, 0.717) is 6.42 Å². The summed E-state index contributed by atoms with van der Waals surface area (Å²) < 4.78 is 10.9. The first-order valence-corrected chi connectivity index (χ1v) is 5.41. The third-order valence-corrected chi connectivity index (χ3v) is 2.93. The van der Waals surface area contributed by atoms with Crippen LogP contribution in [0.15, 0.2) is 18.2 Å². The van der Waals surface area contributed by atoms with Crippen LogP contribution in [-0.4, -0.2) is 25.1 Å². The lowest BCUT2D eigenvalue weighted by Gasteiger charge is -2.34. The molecule has 1 saturated carbocycles. The second kappa shape index (κ2) is 4.26. The van der Waals surface area contributed by atoms with Crippen molar-refractivity contribution in [3.05, 3.63) is 29.3 Å². The predicted octanol–water partition coefficient (Wildman–Crippen LogP) is 2.04. The maximum Gasteiger partial charge on any atom is 0.169 e. The van der Waals surface area contributed by atoms with Crippen molar-refractivity contribution in [1.29, 1.82) is 0 Å². The Bertz CT molecular complexity index is 412. The van der Waals surface area contributed by atoms with Gasteiger partial charge in [-0.25, -0.2) is 0 Å². The van der Waals surface area contributed by atoms with Crippen LogP contribution in [0.5, 0.6) is 5.75 Å². The fraction of sp³-hybridized carbons (Fsp3) is 0.462. The van der Waals surface area contributed by atoms with Crippen LogP contribution in [0.2, 0.25) is 0 Å². The lowest BCUT2D eigenvalue weighted by molar-refractivity contribution is -0.151. The Balaban J connectivity index is 2.10. The van der Waals surface area contributed by atoms with Crippen molar-refractivity contribution in [2.24, 2.45) is 0 Å². The largest absolute Gasteiger partial charge is 0.486 e. The highest BCUT2D eigenvalue weighted by atomic mass is 16.5. The molecule has 0 N–H and O–H groups in total. The summed E-state index contributed by atoms with van der Waals surface area (Å²) >= 11 is 0. The monoisotopic (exact) mass is 220 g/mol. The SMILES string of the molecule is COC1C(=O)CC1Oc1cc(C)ccc1C. The molecule has 1 aliphatic carbocycles. The predicted molar refractivity (Wildman–Crippen MR) is 60.8 cm³/mol. The third kappa shape index (κ3) is 1.95. The van der Waals surface area contributed by atoms with Crippen LogP contribution in [0.4, 0.5) is 0 Å². The van der Waals surface area contributed by atoms with Crippen molar-refractivity contribution >= 4 is 5.78 Å². The first kappa shape index (κ1) is 11.1. The van der Waals surface area contributed by atoms with E-state index in [9.17, 15) is 4.79 Å². The van der Waals surface area contributed by atoms with Crippen LogP contribution in [-0.2, 0) is 9.53 Å². The topological polar surface area (TPSA) is 35.5 Å². The van der Waals surface area contributed by atoms with Gasteiger partial charge in [0.15, 0.2) is 11.9 Å².